The molecular weight excluding hydrogens is 249 g/mol. The summed E-state index contributed by atoms with van der Waals surface area (Å²) in [5.74, 6) is 0. The summed E-state index contributed by atoms with van der Waals surface area (Å²) in [6, 6.07) is 5.88. The molecule has 1 aromatic carbocycles. The monoisotopic (exact) mass is 259 g/mol. The van der Waals surface area contributed by atoms with Crippen LogP contribution in [0.1, 0.15) is 5.56 Å². The van der Waals surface area contributed by atoms with E-state index in [0.29, 0.717) is 6.54 Å². The van der Waals surface area contributed by atoms with Gasteiger partial charge in [0.2, 0.25) is 0 Å². The number of hydrogen-bond donors (Lipinski definition) is 1. The molecule has 0 bridgehead atoms. The average Bonchev–Trinajstić information content (AvgIpc) is 2.06. The molecule has 1 aromatic rings. The Bertz CT molecular complexity index is 323. The summed E-state index contributed by atoms with van der Waals surface area (Å²) in [7, 11) is 0. The summed E-state index contributed by atoms with van der Waals surface area (Å²) in [5, 5.41) is 3.91. The zero-order valence-corrected chi connectivity index (χ0v) is 9.74. The van der Waals surface area contributed by atoms with Crippen LogP contribution in [0.3, 0.4) is 0 Å². The van der Waals surface area contributed by atoms with E-state index in [1.807, 2.05) is 25.1 Å². The van der Waals surface area contributed by atoms with E-state index in [9.17, 15) is 0 Å². The van der Waals surface area contributed by atoms with E-state index in [-0.39, 0.29) is 0 Å². The minimum Gasteiger partial charge on any atom is -0.379 e. The Balaban J connectivity index is 2.75. The van der Waals surface area contributed by atoms with Gasteiger partial charge in [0.05, 0.1) is 10.7 Å². The first kappa shape index (κ1) is 10.6. The second kappa shape index (κ2) is 4.68. The largest absolute Gasteiger partial charge is 0.379 e. The molecule has 0 aliphatic rings. The number of anilines is 1. The number of nitrogens with one attached hydrogen (secondary N) is 1. The zero-order valence-electron chi connectivity index (χ0n) is 7.40. The van der Waals surface area contributed by atoms with E-state index in [1.54, 1.807) is 0 Å². The van der Waals surface area contributed by atoms with Crippen molar-refractivity contribution in [2.75, 3.05) is 11.9 Å². The minimum atomic E-state index is 0.684. The standard InChI is InChI=1S/C10H11BrClN/c1-7-3-4-9(12)10(5-7)13-6-8(2)11/h3-5,13H,2,6H2,1H3. The van der Waals surface area contributed by atoms with Gasteiger partial charge in [-0.3, -0.25) is 0 Å². The molecule has 1 nitrogen and oxygen atoms in total. The number of rotatable bonds is 3. The highest BCUT2D eigenvalue weighted by molar-refractivity contribution is 9.11. The van der Waals surface area contributed by atoms with Crippen molar-refractivity contribution in [3.63, 3.8) is 0 Å². The predicted molar refractivity (Wildman–Crippen MR) is 62.7 cm³/mol. The lowest BCUT2D eigenvalue weighted by Gasteiger charge is -2.07. The lowest BCUT2D eigenvalue weighted by atomic mass is 10.2. The van der Waals surface area contributed by atoms with Gasteiger partial charge in [0, 0.05) is 11.0 Å². The van der Waals surface area contributed by atoms with Crippen LogP contribution in [0.4, 0.5) is 5.69 Å². The van der Waals surface area contributed by atoms with Crippen LogP contribution in [0.15, 0.2) is 29.3 Å². The number of aryl methyl sites for hydroxylation is 1. The summed E-state index contributed by atoms with van der Waals surface area (Å²) in [4.78, 5) is 0. The fraction of sp³-hybridized carbons (Fsp3) is 0.200. The fourth-order valence-corrected chi connectivity index (χ4v) is 1.29. The maximum atomic E-state index is 5.97. The fourth-order valence-electron chi connectivity index (χ4n) is 0.966. The third-order valence-electron chi connectivity index (χ3n) is 1.59. The van der Waals surface area contributed by atoms with Gasteiger partial charge < -0.3 is 5.32 Å². The molecule has 1 rings (SSSR count). The second-order valence-electron chi connectivity index (χ2n) is 2.85. The molecule has 0 saturated heterocycles. The third kappa shape index (κ3) is 3.41. The van der Waals surface area contributed by atoms with Gasteiger partial charge in [0.15, 0.2) is 0 Å². The molecule has 70 valence electrons. The maximum Gasteiger partial charge on any atom is 0.0637 e. The Morgan fingerprint density at radius 1 is 1.62 bits per heavy atom. The van der Waals surface area contributed by atoms with Crippen LogP contribution < -0.4 is 5.32 Å². The van der Waals surface area contributed by atoms with Gasteiger partial charge in [0.25, 0.3) is 0 Å². The third-order valence-corrected chi connectivity index (χ3v) is 2.20. The normalized spacial score (nSPS) is 9.77. The molecule has 0 aliphatic heterocycles. The van der Waals surface area contributed by atoms with Crippen LogP contribution in [0.2, 0.25) is 5.02 Å². The quantitative estimate of drug-likeness (QED) is 0.867. The summed E-state index contributed by atoms with van der Waals surface area (Å²) >= 11 is 9.25. The highest BCUT2D eigenvalue weighted by atomic mass is 79.9. The van der Waals surface area contributed by atoms with Crippen LogP contribution in [-0.2, 0) is 0 Å². The lowest BCUT2D eigenvalue weighted by Crippen LogP contribution is -2.01. The van der Waals surface area contributed by atoms with Gasteiger partial charge in [-0.15, -0.1) is 0 Å². The van der Waals surface area contributed by atoms with Gasteiger partial charge in [-0.25, -0.2) is 0 Å². The Morgan fingerprint density at radius 2 is 2.31 bits per heavy atom. The highest BCUT2D eigenvalue weighted by Crippen LogP contribution is 2.22. The van der Waals surface area contributed by atoms with Crippen molar-refractivity contribution in [2.45, 2.75) is 6.92 Å². The minimum absolute atomic E-state index is 0.684. The van der Waals surface area contributed by atoms with Crippen LogP contribution in [0, 0.1) is 6.92 Å². The molecule has 0 atom stereocenters. The van der Waals surface area contributed by atoms with Crippen molar-refractivity contribution < 1.29 is 0 Å². The van der Waals surface area contributed by atoms with Gasteiger partial charge in [0.1, 0.15) is 0 Å². The molecule has 0 amide bonds. The zero-order chi connectivity index (χ0) is 9.84. The van der Waals surface area contributed by atoms with Crippen molar-refractivity contribution >= 4 is 33.2 Å². The first-order valence-corrected chi connectivity index (χ1v) is 5.10. The first-order valence-electron chi connectivity index (χ1n) is 3.93. The van der Waals surface area contributed by atoms with Gasteiger partial charge in [-0.05, 0) is 24.6 Å². The van der Waals surface area contributed by atoms with Gasteiger partial charge >= 0.3 is 0 Å². The van der Waals surface area contributed by atoms with Crippen molar-refractivity contribution in [3.05, 3.63) is 39.8 Å². The van der Waals surface area contributed by atoms with Crippen LogP contribution in [0.25, 0.3) is 0 Å². The second-order valence-corrected chi connectivity index (χ2v) is 4.38. The van der Waals surface area contributed by atoms with E-state index < -0.39 is 0 Å². The Labute approximate surface area is 91.9 Å². The highest BCUT2D eigenvalue weighted by Gasteiger charge is 1.99. The number of benzene rings is 1. The van der Waals surface area contributed by atoms with Crippen LogP contribution in [-0.4, -0.2) is 6.54 Å². The smallest absolute Gasteiger partial charge is 0.0637 e. The van der Waals surface area contributed by atoms with E-state index in [0.717, 1.165) is 15.2 Å². The molecule has 0 fully saturated rings. The topological polar surface area (TPSA) is 12.0 Å². The Morgan fingerprint density at radius 3 is 2.92 bits per heavy atom. The maximum absolute atomic E-state index is 5.97. The lowest BCUT2D eigenvalue weighted by molar-refractivity contribution is 1.31. The van der Waals surface area contributed by atoms with Gasteiger partial charge in [-0.2, -0.15) is 0 Å². The van der Waals surface area contributed by atoms with Crippen molar-refractivity contribution in [2.24, 2.45) is 0 Å². The van der Waals surface area contributed by atoms with Crippen LogP contribution in [0.5, 0.6) is 0 Å². The molecule has 13 heavy (non-hydrogen) atoms. The molecular formula is C10H11BrClN. The molecule has 0 radical (unpaired) electrons. The summed E-state index contributed by atoms with van der Waals surface area (Å²) < 4.78 is 0.907. The van der Waals surface area contributed by atoms with Crippen LogP contribution >= 0.6 is 27.5 Å². The molecule has 3 heteroatoms. The Hall–Kier alpha value is -0.470. The molecule has 0 saturated carbocycles. The molecule has 0 unspecified atom stereocenters. The van der Waals surface area contributed by atoms with Crippen molar-refractivity contribution in [1.82, 2.24) is 0 Å². The SMILES string of the molecule is C=C(Br)CNc1cc(C)ccc1Cl. The summed E-state index contributed by atoms with van der Waals surface area (Å²) in [6.07, 6.45) is 0. The van der Waals surface area contributed by atoms with E-state index in [2.05, 4.69) is 27.8 Å². The molecule has 0 aliphatic carbocycles. The Kier molecular flexibility index (Phi) is 3.82. The molecule has 0 heterocycles. The molecule has 0 spiro atoms. The van der Waals surface area contributed by atoms with E-state index in [1.165, 1.54) is 5.56 Å². The molecule has 1 N–H and O–H groups in total. The summed E-state index contributed by atoms with van der Waals surface area (Å²) in [6.45, 7) is 6.45. The van der Waals surface area contributed by atoms with Crippen molar-refractivity contribution in [1.29, 1.82) is 0 Å². The predicted octanol–water partition coefficient (Wildman–Crippen LogP) is 3.97. The van der Waals surface area contributed by atoms with Crippen molar-refractivity contribution in [3.8, 4) is 0 Å². The number of halogens is 2. The summed E-state index contributed by atoms with van der Waals surface area (Å²) in [5.41, 5.74) is 2.13. The first-order chi connectivity index (χ1) is 6.09. The number of hydrogen-bond acceptors (Lipinski definition) is 1. The van der Waals surface area contributed by atoms with E-state index >= 15 is 0 Å². The van der Waals surface area contributed by atoms with E-state index in [4.69, 9.17) is 11.6 Å². The average molecular weight is 261 g/mol. The molecule has 0 aromatic heterocycles. The van der Waals surface area contributed by atoms with Gasteiger partial charge in [-0.1, -0.05) is 40.2 Å².